The number of hydrogen-bond acceptors (Lipinski definition) is 6. The minimum absolute atomic E-state index is 0.0141. The highest BCUT2D eigenvalue weighted by Gasteiger charge is 2.08. The molecule has 3 rings (SSSR count). The van der Waals surface area contributed by atoms with Gasteiger partial charge in [-0.1, -0.05) is 0 Å². The Morgan fingerprint density at radius 2 is 1.77 bits per heavy atom. The Hall–Kier alpha value is -3.94. The number of hydrazone groups is 1. The second-order valence-corrected chi connectivity index (χ2v) is 5.26. The first kappa shape index (κ1) is 16.9. The number of nitro benzene ring substituents is 1. The van der Waals surface area contributed by atoms with Gasteiger partial charge in [0.15, 0.2) is 0 Å². The second-order valence-electron chi connectivity index (χ2n) is 5.26. The van der Waals surface area contributed by atoms with Crippen LogP contribution in [0.4, 0.5) is 11.4 Å². The van der Waals surface area contributed by atoms with Crippen molar-refractivity contribution in [2.45, 2.75) is 0 Å². The molecule has 8 nitrogen and oxygen atoms in total. The minimum atomic E-state index is -0.991. The summed E-state index contributed by atoms with van der Waals surface area (Å²) in [5, 5.41) is 23.5. The molecular weight excluding hydrogens is 338 g/mol. The van der Waals surface area contributed by atoms with Gasteiger partial charge >= 0.3 is 5.97 Å². The normalized spacial score (nSPS) is 10.8. The number of nitrogens with one attached hydrogen (secondary N) is 1. The van der Waals surface area contributed by atoms with Gasteiger partial charge in [0.25, 0.3) is 5.69 Å². The van der Waals surface area contributed by atoms with Gasteiger partial charge < -0.3 is 9.52 Å². The monoisotopic (exact) mass is 351 g/mol. The summed E-state index contributed by atoms with van der Waals surface area (Å²) in [7, 11) is 0. The van der Waals surface area contributed by atoms with Crippen molar-refractivity contribution in [1.82, 2.24) is 0 Å². The van der Waals surface area contributed by atoms with Crippen LogP contribution in [0.25, 0.3) is 11.3 Å². The molecule has 1 aromatic heterocycles. The van der Waals surface area contributed by atoms with Gasteiger partial charge in [-0.3, -0.25) is 15.5 Å². The molecule has 0 spiro atoms. The van der Waals surface area contributed by atoms with Crippen molar-refractivity contribution >= 4 is 23.6 Å². The van der Waals surface area contributed by atoms with E-state index in [4.69, 9.17) is 9.52 Å². The van der Waals surface area contributed by atoms with E-state index in [1.165, 1.54) is 30.5 Å². The van der Waals surface area contributed by atoms with E-state index in [0.29, 0.717) is 22.8 Å². The van der Waals surface area contributed by atoms with Crippen molar-refractivity contribution in [2.24, 2.45) is 5.10 Å². The van der Waals surface area contributed by atoms with E-state index in [9.17, 15) is 14.9 Å². The van der Waals surface area contributed by atoms with Crippen LogP contribution in [-0.2, 0) is 0 Å². The largest absolute Gasteiger partial charge is 0.478 e. The van der Waals surface area contributed by atoms with Gasteiger partial charge in [0.05, 0.1) is 22.4 Å². The molecule has 2 N–H and O–H groups in total. The molecule has 0 atom stereocenters. The van der Waals surface area contributed by atoms with E-state index in [0.717, 1.165) is 0 Å². The molecule has 0 unspecified atom stereocenters. The number of carboxylic acid groups (broad SMARTS) is 1. The molecule has 0 aliphatic rings. The molecule has 0 fully saturated rings. The van der Waals surface area contributed by atoms with Gasteiger partial charge in [0.2, 0.25) is 0 Å². The number of nitrogens with zero attached hydrogens (tertiary/aromatic N) is 2. The van der Waals surface area contributed by atoms with Crippen LogP contribution in [0.15, 0.2) is 70.2 Å². The summed E-state index contributed by atoms with van der Waals surface area (Å²) in [6, 6.07) is 15.7. The summed E-state index contributed by atoms with van der Waals surface area (Å²) in [5.41, 5.74) is 4.32. The van der Waals surface area contributed by atoms with Crippen LogP contribution in [0.3, 0.4) is 0 Å². The zero-order valence-electron chi connectivity index (χ0n) is 13.3. The number of carboxylic acids is 1. The molecule has 0 amide bonds. The summed E-state index contributed by atoms with van der Waals surface area (Å²) in [6.45, 7) is 0. The highest BCUT2D eigenvalue weighted by Crippen LogP contribution is 2.24. The third-order valence-electron chi connectivity index (χ3n) is 3.51. The van der Waals surface area contributed by atoms with Crippen molar-refractivity contribution in [3.8, 4) is 11.3 Å². The van der Waals surface area contributed by atoms with Gasteiger partial charge in [-0.15, -0.1) is 0 Å². The molecule has 3 aromatic rings. The number of nitro groups is 1. The summed E-state index contributed by atoms with van der Waals surface area (Å²) in [4.78, 5) is 21.0. The van der Waals surface area contributed by atoms with Gasteiger partial charge in [-0.2, -0.15) is 5.10 Å². The molecule has 130 valence electrons. The summed E-state index contributed by atoms with van der Waals surface area (Å²) < 4.78 is 5.62. The van der Waals surface area contributed by atoms with E-state index in [1.54, 1.807) is 36.4 Å². The second kappa shape index (κ2) is 7.31. The molecule has 8 heteroatoms. The maximum Gasteiger partial charge on any atom is 0.335 e. The van der Waals surface area contributed by atoms with Crippen LogP contribution in [0.2, 0.25) is 0 Å². The first-order valence-corrected chi connectivity index (χ1v) is 7.50. The lowest BCUT2D eigenvalue weighted by atomic mass is 10.1. The number of benzene rings is 2. The number of aromatic carboxylic acids is 1. The smallest absolute Gasteiger partial charge is 0.335 e. The molecule has 0 aliphatic heterocycles. The number of hydrogen-bond donors (Lipinski definition) is 2. The zero-order valence-corrected chi connectivity index (χ0v) is 13.3. The molecule has 0 bridgehead atoms. The number of carbonyl (C=O) groups is 1. The number of furan rings is 1. The number of non-ortho nitro benzene ring substituents is 1. The highest BCUT2D eigenvalue weighted by atomic mass is 16.6. The maximum atomic E-state index is 10.8. The lowest BCUT2D eigenvalue weighted by molar-refractivity contribution is -0.384. The predicted octanol–water partition coefficient (Wildman–Crippen LogP) is 4.00. The van der Waals surface area contributed by atoms with Crippen LogP contribution in [0.1, 0.15) is 16.1 Å². The van der Waals surface area contributed by atoms with E-state index in [1.807, 2.05) is 0 Å². The molecule has 0 radical (unpaired) electrons. The molecule has 26 heavy (non-hydrogen) atoms. The molecule has 0 saturated heterocycles. The fourth-order valence-corrected chi connectivity index (χ4v) is 2.18. The Labute approximate surface area is 147 Å². The van der Waals surface area contributed by atoms with E-state index in [2.05, 4.69) is 10.5 Å². The van der Waals surface area contributed by atoms with Crippen molar-refractivity contribution in [3.63, 3.8) is 0 Å². The Balaban J connectivity index is 1.65. The van der Waals surface area contributed by atoms with E-state index in [-0.39, 0.29) is 11.3 Å². The van der Waals surface area contributed by atoms with Gasteiger partial charge in [0.1, 0.15) is 11.5 Å². The maximum absolute atomic E-state index is 10.8. The summed E-state index contributed by atoms with van der Waals surface area (Å²) in [5.74, 6) is 0.0644. The van der Waals surface area contributed by atoms with Crippen molar-refractivity contribution in [1.29, 1.82) is 0 Å². The Bertz CT molecular complexity index is 959. The van der Waals surface area contributed by atoms with Crippen LogP contribution < -0.4 is 5.43 Å². The van der Waals surface area contributed by atoms with Crippen molar-refractivity contribution in [2.75, 3.05) is 5.43 Å². The third-order valence-corrected chi connectivity index (χ3v) is 3.51. The fourth-order valence-electron chi connectivity index (χ4n) is 2.18. The predicted molar refractivity (Wildman–Crippen MR) is 95.4 cm³/mol. The van der Waals surface area contributed by atoms with Crippen LogP contribution in [0.5, 0.6) is 0 Å². The van der Waals surface area contributed by atoms with Crippen LogP contribution in [0, 0.1) is 10.1 Å². The molecular formula is C18H13N3O5. The highest BCUT2D eigenvalue weighted by molar-refractivity contribution is 5.88. The Morgan fingerprint density at radius 1 is 1.08 bits per heavy atom. The SMILES string of the molecule is O=C(O)c1ccc(N/N=C\c2ccc(-c3ccc([N+](=O)[O-])cc3)o2)cc1. The van der Waals surface area contributed by atoms with Crippen molar-refractivity contribution in [3.05, 3.63) is 82.1 Å². The molecule has 0 aliphatic carbocycles. The number of anilines is 1. The lowest BCUT2D eigenvalue weighted by Crippen LogP contribution is -1.96. The number of rotatable bonds is 6. The van der Waals surface area contributed by atoms with Crippen LogP contribution >= 0.6 is 0 Å². The standard InChI is InChI=1S/C18H13N3O5/c22-18(23)13-1-5-14(6-2-13)20-19-11-16-9-10-17(26-16)12-3-7-15(8-4-12)21(24)25/h1-11,20H,(H,22,23)/b19-11-. The Kier molecular flexibility index (Phi) is 4.75. The average Bonchev–Trinajstić information content (AvgIpc) is 3.11. The summed E-state index contributed by atoms with van der Waals surface area (Å²) in [6.07, 6.45) is 1.47. The average molecular weight is 351 g/mol. The summed E-state index contributed by atoms with van der Waals surface area (Å²) >= 11 is 0. The molecule has 1 heterocycles. The molecule has 2 aromatic carbocycles. The Morgan fingerprint density at radius 3 is 2.38 bits per heavy atom. The topological polar surface area (TPSA) is 118 Å². The van der Waals surface area contributed by atoms with Crippen LogP contribution in [-0.4, -0.2) is 22.2 Å². The van der Waals surface area contributed by atoms with Crippen molar-refractivity contribution < 1.29 is 19.2 Å². The van der Waals surface area contributed by atoms with E-state index >= 15 is 0 Å². The first-order chi connectivity index (χ1) is 12.5. The first-order valence-electron chi connectivity index (χ1n) is 7.50. The van der Waals surface area contributed by atoms with Gasteiger partial charge in [-0.25, -0.2) is 4.79 Å². The zero-order chi connectivity index (χ0) is 18.5. The van der Waals surface area contributed by atoms with Gasteiger partial charge in [0, 0.05) is 17.7 Å². The molecule has 0 saturated carbocycles. The fraction of sp³-hybridized carbons (Fsp3) is 0. The van der Waals surface area contributed by atoms with E-state index < -0.39 is 10.9 Å². The van der Waals surface area contributed by atoms with Gasteiger partial charge in [-0.05, 0) is 48.5 Å². The minimum Gasteiger partial charge on any atom is -0.478 e. The third kappa shape index (κ3) is 3.93. The lowest BCUT2D eigenvalue weighted by Gasteiger charge is -2.00. The quantitative estimate of drug-likeness (QED) is 0.394.